The first-order valence-electron chi connectivity index (χ1n) is 11.1. The number of rotatable bonds is 6. The number of Topliss-reactive ketones (excluding diaryl/α,β-unsaturated/α-hetero) is 1. The van der Waals surface area contributed by atoms with E-state index in [0.717, 1.165) is 11.1 Å². The van der Waals surface area contributed by atoms with Gasteiger partial charge in [-0.3, -0.25) is 14.5 Å². The molecule has 4 rings (SSSR count). The minimum atomic E-state index is -0.840. The monoisotopic (exact) mass is 457 g/mol. The van der Waals surface area contributed by atoms with Crippen LogP contribution in [0.5, 0.6) is 11.5 Å². The van der Waals surface area contributed by atoms with Crippen LogP contribution >= 0.6 is 0 Å². The molecule has 0 aliphatic carbocycles. The normalized spacial score (nSPS) is 17.2. The molecule has 0 bridgehead atoms. The van der Waals surface area contributed by atoms with Gasteiger partial charge in [0.05, 0.1) is 30.9 Å². The summed E-state index contributed by atoms with van der Waals surface area (Å²) in [5.74, 6) is -0.713. The van der Waals surface area contributed by atoms with Crippen LogP contribution in [0.25, 0.3) is 5.76 Å². The number of hydrogen-bond donors (Lipinski definition) is 1. The molecule has 1 unspecified atom stereocenters. The Bertz CT molecular complexity index is 1290. The molecule has 0 aromatic heterocycles. The van der Waals surface area contributed by atoms with Gasteiger partial charge in [0.2, 0.25) is 0 Å². The summed E-state index contributed by atoms with van der Waals surface area (Å²) in [6.07, 6.45) is 0. The summed E-state index contributed by atoms with van der Waals surface area (Å²) in [7, 11) is 1.50. The van der Waals surface area contributed by atoms with E-state index >= 15 is 0 Å². The van der Waals surface area contributed by atoms with Gasteiger partial charge in [-0.2, -0.15) is 0 Å². The fourth-order valence-electron chi connectivity index (χ4n) is 4.29. The molecule has 0 saturated carbocycles. The maximum absolute atomic E-state index is 13.4. The highest BCUT2D eigenvalue weighted by molar-refractivity contribution is 6.51. The van der Waals surface area contributed by atoms with Crippen LogP contribution in [-0.4, -0.2) is 30.5 Å². The molecule has 0 radical (unpaired) electrons. The maximum atomic E-state index is 13.4. The quantitative estimate of drug-likeness (QED) is 0.307. The largest absolute Gasteiger partial charge is 0.507 e. The zero-order chi connectivity index (χ0) is 24.4. The number of aliphatic hydroxyl groups is 1. The van der Waals surface area contributed by atoms with E-state index in [9.17, 15) is 14.7 Å². The summed E-state index contributed by atoms with van der Waals surface area (Å²) in [6.45, 7) is 6.16. The number of ketones is 1. The van der Waals surface area contributed by atoms with Gasteiger partial charge in [-0.25, -0.2) is 0 Å². The first kappa shape index (κ1) is 23.1. The molecule has 1 aliphatic heterocycles. The van der Waals surface area contributed by atoms with Gasteiger partial charge in [0, 0.05) is 5.69 Å². The van der Waals surface area contributed by atoms with Gasteiger partial charge in [-0.1, -0.05) is 35.9 Å². The van der Waals surface area contributed by atoms with E-state index in [2.05, 4.69) is 0 Å². The van der Waals surface area contributed by atoms with Crippen molar-refractivity contribution in [1.29, 1.82) is 0 Å². The second-order valence-corrected chi connectivity index (χ2v) is 8.22. The third kappa shape index (κ3) is 4.15. The second kappa shape index (κ2) is 9.43. The number of methoxy groups -OCH3 is 1. The van der Waals surface area contributed by atoms with E-state index in [0.29, 0.717) is 34.9 Å². The number of anilines is 1. The van der Waals surface area contributed by atoms with Crippen LogP contribution in [0, 0.1) is 13.8 Å². The van der Waals surface area contributed by atoms with Crippen molar-refractivity contribution in [2.45, 2.75) is 26.8 Å². The molecular weight excluding hydrogens is 430 g/mol. The third-order valence-electron chi connectivity index (χ3n) is 5.82. The van der Waals surface area contributed by atoms with Crippen molar-refractivity contribution in [2.24, 2.45) is 0 Å². The van der Waals surface area contributed by atoms with Crippen LogP contribution in [0.2, 0.25) is 0 Å². The minimum absolute atomic E-state index is 0.00375. The predicted octanol–water partition coefficient (Wildman–Crippen LogP) is 5.34. The molecular formula is C28H27NO5. The lowest BCUT2D eigenvalue weighted by Gasteiger charge is -2.26. The number of carbonyl (C=O) groups excluding carboxylic acids is 2. The average Bonchev–Trinajstić information content (AvgIpc) is 3.09. The van der Waals surface area contributed by atoms with E-state index < -0.39 is 17.7 Å². The number of aliphatic hydroxyl groups excluding tert-OH is 1. The van der Waals surface area contributed by atoms with Crippen molar-refractivity contribution in [3.63, 3.8) is 0 Å². The fourth-order valence-corrected chi connectivity index (χ4v) is 4.29. The number of benzene rings is 3. The summed E-state index contributed by atoms with van der Waals surface area (Å²) in [6, 6.07) is 19.1. The van der Waals surface area contributed by atoms with Crippen LogP contribution in [0.3, 0.4) is 0 Å². The molecule has 1 N–H and O–H groups in total. The minimum Gasteiger partial charge on any atom is -0.507 e. The average molecular weight is 458 g/mol. The Hall–Kier alpha value is -4.06. The molecule has 3 aromatic rings. The highest BCUT2D eigenvalue weighted by Crippen LogP contribution is 2.44. The summed E-state index contributed by atoms with van der Waals surface area (Å²) < 4.78 is 11.1. The number of ether oxygens (including phenoxy) is 2. The Balaban J connectivity index is 1.99. The molecule has 1 heterocycles. The van der Waals surface area contributed by atoms with Crippen molar-refractivity contribution in [1.82, 2.24) is 0 Å². The number of aryl methyl sites for hydroxylation is 2. The fraction of sp³-hybridized carbons (Fsp3) is 0.214. The molecule has 1 aliphatic rings. The Kier molecular flexibility index (Phi) is 6.41. The summed E-state index contributed by atoms with van der Waals surface area (Å²) in [5.41, 5.74) is 3.41. The van der Waals surface area contributed by atoms with Crippen molar-refractivity contribution in [2.75, 3.05) is 18.6 Å². The Labute approximate surface area is 199 Å². The third-order valence-corrected chi connectivity index (χ3v) is 5.82. The number of nitrogens with zero attached hydrogens (tertiary/aromatic N) is 1. The van der Waals surface area contributed by atoms with Crippen LogP contribution in [0.1, 0.15) is 35.2 Å². The summed E-state index contributed by atoms with van der Waals surface area (Å²) >= 11 is 0. The Morgan fingerprint density at radius 1 is 0.971 bits per heavy atom. The lowest BCUT2D eigenvalue weighted by Crippen LogP contribution is -2.29. The van der Waals surface area contributed by atoms with E-state index in [1.807, 2.05) is 63.2 Å². The first-order chi connectivity index (χ1) is 16.3. The molecule has 34 heavy (non-hydrogen) atoms. The standard InChI is InChI=1S/C28H27NO5/c1-5-34-21-11-7-9-19(16-21)25-24(26(30)22-15-18(3)12-13-23(22)33-4)27(31)28(32)29(25)20-10-6-8-17(2)14-20/h6-16,25,30H,5H2,1-4H3/b26-24+. The topological polar surface area (TPSA) is 76.1 Å². The van der Waals surface area contributed by atoms with Gasteiger partial charge in [-0.15, -0.1) is 0 Å². The van der Waals surface area contributed by atoms with Gasteiger partial charge in [0.25, 0.3) is 11.7 Å². The van der Waals surface area contributed by atoms with Gasteiger partial charge in [0.1, 0.15) is 17.3 Å². The van der Waals surface area contributed by atoms with Gasteiger partial charge < -0.3 is 14.6 Å². The molecule has 1 amide bonds. The summed E-state index contributed by atoms with van der Waals surface area (Å²) in [5, 5.41) is 11.4. The summed E-state index contributed by atoms with van der Waals surface area (Å²) in [4.78, 5) is 28.2. The Morgan fingerprint density at radius 3 is 2.41 bits per heavy atom. The first-order valence-corrected chi connectivity index (χ1v) is 11.1. The van der Waals surface area contributed by atoms with E-state index in [1.54, 1.807) is 24.3 Å². The SMILES string of the molecule is CCOc1cccc(C2/C(=C(\O)c3cc(C)ccc3OC)C(=O)C(=O)N2c2cccc(C)c2)c1. The van der Waals surface area contributed by atoms with Crippen LogP contribution < -0.4 is 14.4 Å². The molecule has 0 spiro atoms. The number of carbonyl (C=O) groups is 2. The maximum Gasteiger partial charge on any atom is 0.300 e. The highest BCUT2D eigenvalue weighted by atomic mass is 16.5. The molecule has 174 valence electrons. The van der Waals surface area contributed by atoms with Crippen molar-refractivity contribution < 1.29 is 24.2 Å². The van der Waals surface area contributed by atoms with E-state index in [-0.39, 0.29) is 11.3 Å². The Morgan fingerprint density at radius 2 is 1.71 bits per heavy atom. The smallest absolute Gasteiger partial charge is 0.300 e. The number of hydrogen-bond acceptors (Lipinski definition) is 5. The second-order valence-electron chi connectivity index (χ2n) is 8.22. The van der Waals surface area contributed by atoms with Crippen LogP contribution in [0.15, 0.2) is 72.3 Å². The zero-order valence-electron chi connectivity index (χ0n) is 19.7. The van der Waals surface area contributed by atoms with Gasteiger partial charge in [0.15, 0.2) is 0 Å². The van der Waals surface area contributed by atoms with E-state index in [4.69, 9.17) is 9.47 Å². The molecule has 1 saturated heterocycles. The molecule has 6 nitrogen and oxygen atoms in total. The van der Waals surface area contributed by atoms with Crippen LogP contribution in [0.4, 0.5) is 5.69 Å². The van der Waals surface area contributed by atoms with E-state index in [1.165, 1.54) is 12.0 Å². The van der Waals surface area contributed by atoms with Crippen molar-refractivity contribution in [3.05, 3.63) is 94.6 Å². The lowest BCUT2D eigenvalue weighted by molar-refractivity contribution is -0.132. The predicted molar refractivity (Wildman–Crippen MR) is 131 cm³/mol. The zero-order valence-corrected chi connectivity index (χ0v) is 19.7. The molecule has 3 aromatic carbocycles. The lowest BCUT2D eigenvalue weighted by atomic mass is 9.94. The van der Waals surface area contributed by atoms with Gasteiger partial charge in [-0.05, 0) is 68.3 Å². The molecule has 6 heteroatoms. The molecule has 1 fully saturated rings. The van der Waals surface area contributed by atoms with Crippen molar-refractivity contribution >= 4 is 23.1 Å². The van der Waals surface area contributed by atoms with Gasteiger partial charge >= 0.3 is 0 Å². The van der Waals surface area contributed by atoms with Crippen molar-refractivity contribution in [3.8, 4) is 11.5 Å². The number of amides is 1. The molecule has 1 atom stereocenters. The van der Waals surface area contributed by atoms with Crippen LogP contribution in [-0.2, 0) is 9.59 Å². The highest BCUT2D eigenvalue weighted by Gasteiger charge is 2.47.